The molecule has 3 heteroatoms. The molecular weight excluding hydrogens is 334 g/mol. The third-order valence-electron chi connectivity index (χ3n) is 5.70. The number of quaternary nitrogens is 1. The summed E-state index contributed by atoms with van der Waals surface area (Å²) in [6.45, 7) is 10.6. The Morgan fingerprint density at radius 3 is 1.56 bits per heavy atom. The molecule has 160 valence electrons. The van der Waals surface area contributed by atoms with Gasteiger partial charge in [0.25, 0.3) is 0 Å². The predicted molar refractivity (Wildman–Crippen MR) is 118 cm³/mol. The van der Waals surface area contributed by atoms with Crippen molar-refractivity contribution in [3.05, 3.63) is 12.2 Å². The van der Waals surface area contributed by atoms with Gasteiger partial charge in [-0.15, -0.1) is 0 Å². The Labute approximate surface area is 170 Å². The molecule has 0 N–H and O–H groups in total. The number of carbonyl (C=O) groups is 1. The maximum atomic E-state index is 11.7. The summed E-state index contributed by atoms with van der Waals surface area (Å²) in [4.78, 5) is 11.7. The molecule has 0 amide bonds. The summed E-state index contributed by atoms with van der Waals surface area (Å²) in [5.74, 6) is -0.283. The van der Waals surface area contributed by atoms with Crippen molar-refractivity contribution in [2.45, 2.75) is 117 Å². The number of rotatable bonds is 18. The van der Waals surface area contributed by atoms with Crippen LogP contribution in [-0.4, -0.2) is 37.3 Å². The van der Waals surface area contributed by atoms with Gasteiger partial charge in [-0.25, -0.2) is 4.79 Å². The second kappa shape index (κ2) is 16.2. The molecule has 0 heterocycles. The number of carbonyl (C=O) groups excluding carboxylic acids is 1. The second-order valence-corrected chi connectivity index (χ2v) is 8.88. The zero-order valence-corrected chi connectivity index (χ0v) is 19.2. The largest absolute Gasteiger partial charge is 0.409 e. The van der Waals surface area contributed by atoms with Gasteiger partial charge in [0, 0.05) is 12.5 Å². The summed E-state index contributed by atoms with van der Waals surface area (Å²) in [5.41, 5.74) is 0.471. The van der Waals surface area contributed by atoms with E-state index < -0.39 is 0 Å². The van der Waals surface area contributed by atoms with Crippen molar-refractivity contribution in [2.24, 2.45) is 0 Å². The number of unbranched alkanes of at least 4 members (excludes halogenated alkanes) is 13. The van der Waals surface area contributed by atoms with Crippen molar-refractivity contribution in [3.8, 4) is 0 Å². The SMILES string of the molecule is C=C(C)C(=O)OC(C)[N+](C)(C)CCCCCCCCCCCCCCCC. The van der Waals surface area contributed by atoms with Crippen LogP contribution in [0.2, 0.25) is 0 Å². The zero-order valence-electron chi connectivity index (χ0n) is 19.2. The maximum Gasteiger partial charge on any atom is 0.337 e. The van der Waals surface area contributed by atoms with Crippen LogP contribution in [0.15, 0.2) is 12.2 Å². The highest BCUT2D eigenvalue weighted by Gasteiger charge is 2.26. The molecule has 0 spiro atoms. The average molecular weight is 383 g/mol. The highest BCUT2D eigenvalue weighted by atomic mass is 16.6. The molecule has 1 atom stereocenters. The fourth-order valence-corrected chi connectivity index (χ4v) is 3.29. The zero-order chi connectivity index (χ0) is 20.5. The number of hydrogen-bond acceptors (Lipinski definition) is 2. The third kappa shape index (κ3) is 14.8. The molecule has 0 radical (unpaired) electrons. The van der Waals surface area contributed by atoms with Crippen LogP contribution in [0.1, 0.15) is 111 Å². The summed E-state index contributed by atoms with van der Waals surface area (Å²) in [6.07, 6.45) is 19.2. The Balaban J connectivity index is 3.52. The molecule has 0 aliphatic heterocycles. The first-order valence-corrected chi connectivity index (χ1v) is 11.5. The Hall–Kier alpha value is -0.830. The van der Waals surface area contributed by atoms with Gasteiger partial charge in [0.15, 0.2) is 0 Å². The van der Waals surface area contributed by atoms with E-state index in [4.69, 9.17) is 4.74 Å². The summed E-state index contributed by atoms with van der Waals surface area (Å²) in [7, 11) is 4.28. The van der Waals surface area contributed by atoms with Gasteiger partial charge in [-0.2, -0.15) is 0 Å². The lowest BCUT2D eigenvalue weighted by atomic mass is 10.0. The van der Waals surface area contributed by atoms with Gasteiger partial charge in [-0.05, 0) is 19.8 Å². The van der Waals surface area contributed by atoms with E-state index >= 15 is 0 Å². The van der Waals surface area contributed by atoms with Crippen LogP contribution in [0.3, 0.4) is 0 Å². The molecule has 0 saturated heterocycles. The van der Waals surface area contributed by atoms with Crippen LogP contribution in [0.4, 0.5) is 0 Å². The summed E-state index contributed by atoms with van der Waals surface area (Å²) in [6, 6.07) is 0. The molecule has 0 rings (SSSR count). The first-order chi connectivity index (χ1) is 12.8. The van der Waals surface area contributed by atoms with E-state index in [0.717, 1.165) is 11.0 Å². The summed E-state index contributed by atoms with van der Waals surface area (Å²) >= 11 is 0. The number of nitrogens with zero attached hydrogens (tertiary/aromatic N) is 1. The van der Waals surface area contributed by atoms with E-state index in [-0.39, 0.29) is 12.2 Å². The molecule has 27 heavy (non-hydrogen) atoms. The first-order valence-electron chi connectivity index (χ1n) is 11.5. The van der Waals surface area contributed by atoms with Crippen LogP contribution in [0.25, 0.3) is 0 Å². The fourth-order valence-electron chi connectivity index (χ4n) is 3.29. The lowest BCUT2D eigenvalue weighted by Gasteiger charge is -2.35. The average Bonchev–Trinajstić information content (AvgIpc) is 2.61. The van der Waals surface area contributed by atoms with Crippen molar-refractivity contribution in [1.82, 2.24) is 0 Å². The smallest absolute Gasteiger partial charge is 0.337 e. The van der Waals surface area contributed by atoms with Gasteiger partial charge in [-0.3, -0.25) is 4.48 Å². The predicted octanol–water partition coefficient (Wildman–Crippen LogP) is 7.01. The molecule has 1 unspecified atom stereocenters. The van der Waals surface area contributed by atoms with E-state index in [2.05, 4.69) is 27.6 Å². The van der Waals surface area contributed by atoms with Crippen molar-refractivity contribution in [3.63, 3.8) is 0 Å². The van der Waals surface area contributed by atoms with Crippen LogP contribution in [0.5, 0.6) is 0 Å². The van der Waals surface area contributed by atoms with Gasteiger partial charge >= 0.3 is 5.97 Å². The van der Waals surface area contributed by atoms with Crippen LogP contribution in [-0.2, 0) is 9.53 Å². The molecule has 0 aromatic heterocycles. The second-order valence-electron chi connectivity index (χ2n) is 8.88. The molecule has 3 nitrogen and oxygen atoms in total. The van der Waals surface area contributed by atoms with E-state index in [9.17, 15) is 4.79 Å². The van der Waals surface area contributed by atoms with Crippen molar-refractivity contribution in [1.29, 1.82) is 0 Å². The Morgan fingerprint density at radius 1 is 0.815 bits per heavy atom. The van der Waals surface area contributed by atoms with E-state index in [1.54, 1.807) is 6.92 Å². The third-order valence-corrected chi connectivity index (χ3v) is 5.70. The van der Waals surface area contributed by atoms with E-state index in [1.807, 2.05) is 6.92 Å². The Kier molecular flexibility index (Phi) is 15.7. The van der Waals surface area contributed by atoms with Crippen molar-refractivity contribution < 1.29 is 14.0 Å². The van der Waals surface area contributed by atoms with Crippen molar-refractivity contribution >= 4 is 5.97 Å². The quantitative estimate of drug-likeness (QED) is 0.0837. The molecule has 0 fully saturated rings. The summed E-state index contributed by atoms with van der Waals surface area (Å²) < 4.78 is 6.20. The minimum absolute atomic E-state index is 0.129. The molecular formula is C24H48NO2+. The Morgan fingerprint density at radius 2 is 1.19 bits per heavy atom. The Bertz CT molecular complexity index is 390. The number of ether oxygens (including phenoxy) is 1. The molecule has 0 aliphatic carbocycles. The monoisotopic (exact) mass is 382 g/mol. The highest BCUT2D eigenvalue weighted by Crippen LogP contribution is 2.15. The van der Waals surface area contributed by atoms with Gasteiger partial charge in [-0.1, -0.05) is 90.6 Å². The van der Waals surface area contributed by atoms with Gasteiger partial charge in [0.2, 0.25) is 6.23 Å². The molecule has 0 bridgehead atoms. The van der Waals surface area contributed by atoms with Crippen molar-refractivity contribution in [2.75, 3.05) is 20.6 Å². The van der Waals surface area contributed by atoms with Crippen LogP contribution < -0.4 is 0 Å². The molecule has 0 aliphatic rings. The number of hydrogen-bond donors (Lipinski definition) is 0. The topological polar surface area (TPSA) is 26.3 Å². The van der Waals surface area contributed by atoms with E-state index in [0.29, 0.717) is 5.57 Å². The highest BCUT2D eigenvalue weighted by molar-refractivity contribution is 5.86. The van der Waals surface area contributed by atoms with Gasteiger partial charge in [0.1, 0.15) is 0 Å². The lowest BCUT2D eigenvalue weighted by Crippen LogP contribution is -2.50. The standard InChI is InChI=1S/C24H48NO2/c1-7-8-9-10-11-12-13-14-15-16-17-18-19-20-21-25(5,6)23(4)27-24(26)22(2)3/h23H,2,7-21H2,1,3-6H3/q+1. The number of esters is 1. The first kappa shape index (κ1) is 26.2. The van der Waals surface area contributed by atoms with Gasteiger partial charge < -0.3 is 4.74 Å². The normalized spacial score (nSPS) is 12.8. The maximum absolute atomic E-state index is 11.7. The minimum atomic E-state index is -0.283. The minimum Gasteiger partial charge on any atom is -0.409 e. The molecule has 0 aromatic rings. The van der Waals surface area contributed by atoms with E-state index in [1.165, 1.54) is 89.9 Å². The van der Waals surface area contributed by atoms with Crippen LogP contribution >= 0.6 is 0 Å². The van der Waals surface area contributed by atoms with Gasteiger partial charge in [0.05, 0.1) is 20.6 Å². The molecule has 0 aromatic carbocycles. The van der Waals surface area contributed by atoms with Crippen LogP contribution in [0, 0.1) is 0 Å². The molecule has 0 saturated carbocycles. The fraction of sp³-hybridized carbons (Fsp3) is 0.875. The summed E-state index contributed by atoms with van der Waals surface area (Å²) in [5, 5.41) is 0. The lowest BCUT2D eigenvalue weighted by molar-refractivity contribution is -0.932.